The van der Waals surface area contributed by atoms with Crippen LogP contribution in [0, 0.1) is 5.92 Å². The van der Waals surface area contributed by atoms with E-state index in [0.717, 1.165) is 70.7 Å². The molecule has 0 unspecified atom stereocenters. The Labute approximate surface area is 169 Å². The second-order valence-corrected chi connectivity index (χ2v) is 8.95. The number of hydrogen-bond acceptors (Lipinski definition) is 5. The molecule has 2 fully saturated rings. The SMILES string of the molecule is C[C@H]1CCN(c2ccc(-c3nc4ccc(N5CCCCC5=O)cc4s3)cn2)C1. The Morgan fingerprint density at radius 3 is 2.82 bits per heavy atom. The molecule has 4 heterocycles. The van der Waals surface area contributed by atoms with Crippen molar-refractivity contribution in [3.8, 4) is 10.6 Å². The van der Waals surface area contributed by atoms with Crippen LogP contribution in [0.25, 0.3) is 20.8 Å². The number of carbonyl (C=O) groups is 1. The van der Waals surface area contributed by atoms with Gasteiger partial charge in [0.15, 0.2) is 0 Å². The summed E-state index contributed by atoms with van der Waals surface area (Å²) >= 11 is 1.67. The lowest BCUT2D eigenvalue weighted by molar-refractivity contribution is -0.119. The summed E-state index contributed by atoms with van der Waals surface area (Å²) in [4.78, 5) is 26.0. The van der Waals surface area contributed by atoms with E-state index in [2.05, 4.69) is 35.0 Å². The monoisotopic (exact) mass is 392 g/mol. The van der Waals surface area contributed by atoms with Crippen LogP contribution in [0.4, 0.5) is 11.5 Å². The van der Waals surface area contributed by atoms with E-state index in [1.807, 2.05) is 23.2 Å². The van der Waals surface area contributed by atoms with Crippen LogP contribution in [-0.4, -0.2) is 35.5 Å². The number of amides is 1. The van der Waals surface area contributed by atoms with Gasteiger partial charge in [-0.15, -0.1) is 11.3 Å². The highest BCUT2D eigenvalue weighted by molar-refractivity contribution is 7.21. The van der Waals surface area contributed by atoms with Gasteiger partial charge in [0.05, 0.1) is 10.2 Å². The molecule has 0 spiro atoms. The van der Waals surface area contributed by atoms with Gasteiger partial charge in [0, 0.05) is 43.5 Å². The largest absolute Gasteiger partial charge is 0.356 e. The molecule has 5 rings (SSSR count). The summed E-state index contributed by atoms with van der Waals surface area (Å²) in [6.45, 7) is 5.29. The maximum atomic E-state index is 12.2. The maximum absolute atomic E-state index is 12.2. The van der Waals surface area contributed by atoms with Crippen LogP contribution in [0.1, 0.15) is 32.6 Å². The summed E-state index contributed by atoms with van der Waals surface area (Å²) < 4.78 is 1.11. The minimum atomic E-state index is 0.228. The Morgan fingerprint density at radius 1 is 1.14 bits per heavy atom. The van der Waals surface area contributed by atoms with Crippen molar-refractivity contribution in [3.63, 3.8) is 0 Å². The van der Waals surface area contributed by atoms with Gasteiger partial charge in [-0.1, -0.05) is 6.92 Å². The molecule has 0 radical (unpaired) electrons. The third kappa shape index (κ3) is 3.26. The molecule has 6 heteroatoms. The molecule has 2 aromatic heterocycles. The Hall–Kier alpha value is -2.47. The average Bonchev–Trinajstić information content (AvgIpc) is 3.34. The summed E-state index contributed by atoms with van der Waals surface area (Å²) in [6.07, 6.45) is 5.90. The first-order valence-corrected chi connectivity index (χ1v) is 10.9. The number of anilines is 2. The van der Waals surface area contributed by atoms with Crippen molar-refractivity contribution >= 4 is 39.0 Å². The second-order valence-electron chi connectivity index (χ2n) is 7.92. The molecule has 1 atom stereocenters. The van der Waals surface area contributed by atoms with Gasteiger partial charge in [0.25, 0.3) is 0 Å². The zero-order valence-electron chi connectivity index (χ0n) is 16.1. The normalized spacial score (nSPS) is 20.3. The molecular weight excluding hydrogens is 368 g/mol. The molecular formula is C22H24N4OS. The fourth-order valence-electron chi connectivity index (χ4n) is 4.13. The molecule has 2 aliphatic rings. The Morgan fingerprint density at radius 2 is 2.07 bits per heavy atom. The number of rotatable bonds is 3. The van der Waals surface area contributed by atoms with Gasteiger partial charge in [0.2, 0.25) is 5.91 Å². The highest BCUT2D eigenvalue weighted by Crippen LogP contribution is 2.34. The van der Waals surface area contributed by atoms with E-state index in [9.17, 15) is 4.79 Å². The van der Waals surface area contributed by atoms with Gasteiger partial charge in [-0.2, -0.15) is 0 Å². The van der Waals surface area contributed by atoms with Gasteiger partial charge in [-0.3, -0.25) is 4.79 Å². The summed E-state index contributed by atoms with van der Waals surface area (Å²) in [5.41, 5.74) is 3.02. The summed E-state index contributed by atoms with van der Waals surface area (Å²) in [5.74, 6) is 2.03. The number of aromatic nitrogens is 2. The lowest BCUT2D eigenvalue weighted by Gasteiger charge is -2.26. The van der Waals surface area contributed by atoms with E-state index in [4.69, 9.17) is 4.98 Å². The molecule has 28 heavy (non-hydrogen) atoms. The fourth-order valence-corrected chi connectivity index (χ4v) is 5.12. The molecule has 0 bridgehead atoms. The van der Waals surface area contributed by atoms with Crippen molar-refractivity contribution in [2.24, 2.45) is 5.92 Å². The van der Waals surface area contributed by atoms with Gasteiger partial charge in [-0.25, -0.2) is 9.97 Å². The first-order valence-electron chi connectivity index (χ1n) is 10.1. The Kier molecular flexibility index (Phi) is 4.51. The molecule has 3 aromatic rings. The molecule has 0 aliphatic carbocycles. The van der Waals surface area contributed by atoms with Gasteiger partial charge in [0.1, 0.15) is 10.8 Å². The minimum absolute atomic E-state index is 0.228. The Balaban J connectivity index is 1.41. The van der Waals surface area contributed by atoms with Crippen LogP contribution in [0.15, 0.2) is 36.5 Å². The van der Waals surface area contributed by atoms with E-state index in [1.165, 1.54) is 6.42 Å². The highest BCUT2D eigenvalue weighted by Gasteiger charge is 2.21. The van der Waals surface area contributed by atoms with E-state index in [-0.39, 0.29) is 5.91 Å². The van der Waals surface area contributed by atoms with E-state index >= 15 is 0 Å². The van der Waals surface area contributed by atoms with E-state index in [0.29, 0.717) is 6.42 Å². The maximum Gasteiger partial charge on any atom is 0.226 e. The van der Waals surface area contributed by atoms with Crippen LogP contribution in [0.5, 0.6) is 0 Å². The van der Waals surface area contributed by atoms with Crippen molar-refractivity contribution in [2.45, 2.75) is 32.6 Å². The summed E-state index contributed by atoms with van der Waals surface area (Å²) in [7, 11) is 0. The second kappa shape index (κ2) is 7.17. The quantitative estimate of drug-likeness (QED) is 0.647. The molecule has 2 saturated heterocycles. The zero-order valence-corrected chi connectivity index (χ0v) is 16.9. The number of hydrogen-bond donors (Lipinski definition) is 0. The van der Waals surface area contributed by atoms with Crippen molar-refractivity contribution in [1.82, 2.24) is 9.97 Å². The molecule has 0 N–H and O–H groups in total. The first-order chi connectivity index (χ1) is 13.7. The summed E-state index contributed by atoms with van der Waals surface area (Å²) in [6, 6.07) is 10.4. The fraction of sp³-hybridized carbons (Fsp3) is 0.409. The van der Waals surface area contributed by atoms with Crippen LogP contribution >= 0.6 is 11.3 Å². The van der Waals surface area contributed by atoms with Gasteiger partial charge in [-0.05, 0) is 55.5 Å². The molecule has 2 aliphatic heterocycles. The van der Waals surface area contributed by atoms with Crippen molar-refractivity contribution in [3.05, 3.63) is 36.5 Å². The number of pyridine rings is 1. The van der Waals surface area contributed by atoms with Crippen LogP contribution in [-0.2, 0) is 4.79 Å². The molecule has 1 amide bonds. The van der Waals surface area contributed by atoms with Gasteiger partial charge >= 0.3 is 0 Å². The van der Waals surface area contributed by atoms with Crippen molar-refractivity contribution in [1.29, 1.82) is 0 Å². The topological polar surface area (TPSA) is 49.3 Å². The minimum Gasteiger partial charge on any atom is -0.356 e. The molecule has 5 nitrogen and oxygen atoms in total. The van der Waals surface area contributed by atoms with Gasteiger partial charge < -0.3 is 9.80 Å². The Bertz CT molecular complexity index is 1010. The predicted molar refractivity (Wildman–Crippen MR) is 115 cm³/mol. The predicted octanol–water partition coefficient (Wildman–Crippen LogP) is 4.72. The molecule has 0 saturated carbocycles. The number of piperidine rings is 1. The third-order valence-electron chi connectivity index (χ3n) is 5.75. The number of benzene rings is 1. The standard InChI is InChI=1S/C22H24N4OS/c1-15-9-11-25(14-15)20-8-5-16(13-23-20)22-24-18-7-6-17(12-19(18)28-22)26-10-3-2-4-21(26)27/h5-8,12-13,15H,2-4,9-11,14H2,1H3/t15-/m0/s1. The number of carbonyl (C=O) groups excluding carboxylic acids is 1. The highest BCUT2D eigenvalue weighted by atomic mass is 32.1. The lowest BCUT2D eigenvalue weighted by Crippen LogP contribution is -2.35. The number of nitrogens with zero attached hydrogens (tertiary/aromatic N) is 4. The lowest BCUT2D eigenvalue weighted by atomic mass is 10.1. The smallest absolute Gasteiger partial charge is 0.226 e. The van der Waals surface area contributed by atoms with E-state index in [1.54, 1.807) is 11.3 Å². The average molecular weight is 393 g/mol. The van der Waals surface area contributed by atoms with Crippen LogP contribution in [0.3, 0.4) is 0 Å². The van der Waals surface area contributed by atoms with Crippen LogP contribution < -0.4 is 9.80 Å². The number of fused-ring (bicyclic) bond motifs is 1. The first kappa shape index (κ1) is 17.6. The molecule has 1 aromatic carbocycles. The molecule has 144 valence electrons. The van der Waals surface area contributed by atoms with Crippen molar-refractivity contribution < 1.29 is 4.79 Å². The van der Waals surface area contributed by atoms with Crippen LogP contribution in [0.2, 0.25) is 0 Å². The third-order valence-corrected chi connectivity index (χ3v) is 6.82. The zero-order chi connectivity index (χ0) is 19.1. The van der Waals surface area contributed by atoms with Crippen molar-refractivity contribution in [2.75, 3.05) is 29.4 Å². The number of thiazole rings is 1. The summed E-state index contributed by atoms with van der Waals surface area (Å²) in [5, 5.41) is 0.978. The van der Waals surface area contributed by atoms with E-state index < -0.39 is 0 Å².